The molecular formula is C23H26N2O3S. The predicted molar refractivity (Wildman–Crippen MR) is 119 cm³/mol. The fourth-order valence-electron chi connectivity index (χ4n) is 3.64. The summed E-state index contributed by atoms with van der Waals surface area (Å²) in [5.41, 5.74) is 2.09. The van der Waals surface area contributed by atoms with E-state index in [-0.39, 0.29) is 5.56 Å². The number of rotatable bonds is 7. The number of para-hydroxylation sites is 1. The van der Waals surface area contributed by atoms with E-state index in [0.29, 0.717) is 19.8 Å². The molecule has 0 saturated carbocycles. The van der Waals surface area contributed by atoms with Crippen LogP contribution in [0.1, 0.15) is 49.9 Å². The minimum atomic E-state index is 0.0647. The smallest absolute Gasteiger partial charge is 0.262 e. The van der Waals surface area contributed by atoms with E-state index in [2.05, 4.69) is 19.9 Å². The van der Waals surface area contributed by atoms with Crippen LogP contribution in [0.4, 0.5) is 0 Å². The van der Waals surface area contributed by atoms with Gasteiger partial charge in [0.15, 0.2) is 11.5 Å². The van der Waals surface area contributed by atoms with E-state index in [1.54, 1.807) is 15.9 Å². The number of hydrogen-bond acceptors (Lipinski definition) is 5. The van der Waals surface area contributed by atoms with Gasteiger partial charge in [-0.15, -0.1) is 11.3 Å². The number of fused-ring (bicyclic) bond motifs is 2. The molecule has 0 spiro atoms. The maximum Gasteiger partial charge on any atom is 0.262 e. The zero-order valence-electron chi connectivity index (χ0n) is 17.2. The van der Waals surface area contributed by atoms with Gasteiger partial charge < -0.3 is 9.47 Å². The molecule has 1 aliphatic heterocycles. The molecule has 0 unspecified atom stereocenters. The Morgan fingerprint density at radius 3 is 2.86 bits per heavy atom. The molecule has 1 aromatic carbocycles. The van der Waals surface area contributed by atoms with Crippen molar-refractivity contribution in [3.63, 3.8) is 0 Å². The molecular weight excluding hydrogens is 384 g/mol. The van der Waals surface area contributed by atoms with Gasteiger partial charge in [-0.05, 0) is 50.0 Å². The first-order chi connectivity index (χ1) is 14.2. The molecule has 0 N–H and O–H groups in total. The number of nitrogens with zero attached hydrogens (tertiary/aromatic N) is 2. The van der Waals surface area contributed by atoms with E-state index in [1.807, 2.05) is 31.2 Å². The van der Waals surface area contributed by atoms with Crippen molar-refractivity contribution in [1.82, 2.24) is 9.55 Å². The average Bonchev–Trinajstić information content (AvgIpc) is 3.32. The SMILES string of the molecule is CCCOc1c(/C=C2\CCn3c2nc2sc(CC)cc2c3=O)cccc1OCC. The van der Waals surface area contributed by atoms with Crippen LogP contribution >= 0.6 is 11.3 Å². The second kappa shape index (κ2) is 8.41. The Hall–Kier alpha value is -2.60. The van der Waals surface area contributed by atoms with Gasteiger partial charge in [0.2, 0.25) is 0 Å². The standard InChI is InChI=1S/C23H26N2O3S/c1-4-12-28-20-15(8-7-9-19(20)27-6-3)13-16-10-11-25-21(16)24-22-18(23(25)26)14-17(5-2)29-22/h7-9,13-14H,4-6,10-12H2,1-3H3/b16-13+. The van der Waals surface area contributed by atoms with E-state index in [1.165, 1.54) is 4.88 Å². The lowest BCUT2D eigenvalue weighted by Crippen LogP contribution is -2.19. The molecule has 0 radical (unpaired) electrons. The summed E-state index contributed by atoms with van der Waals surface area (Å²) >= 11 is 1.61. The molecule has 1 aliphatic rings. The number of hydrogen-bond donors (Lipinski definition) is 0. The zero-order chi connectivity index (χ0) is 20.4. The third kappa shape index (κ3) is 3.69. The van der Waals surface area contributed by atoms with E-state index in [9.17, 15) is 4.79 Å². The first kappa shape index (κ1) is 19.7. The topological polar surface area (TPSA) is 53.4 Å². The molecule has 0 atom stereocenters. The van der Waals surface area contributed by atoms with Crippen LogP contribution in [0.5, 0.6) is 11.5 Å². The summed E-state index contributed by atoms with van der Waals surface area (Å²) in [4.78, 5) is 19.8. The van der Waals surface area contributed by atoms with Gasteiger partial charge in [-0.25, -0.2) is 4.98 Å². The van der Waals surface area contributed by atoms with Gasteiger partial charge in [0.1, 0.15) is 10.7 Å². The molecule has 0 aliphatic carbocycles. The molecule has 152 valence electrons. The molecule has 0 amide bonds. The Morgan fingerprint density at radius 1 is 1.24 bits per heavy atom. The largest absolute Gasteiger partial charge is 0.490 e. The lowest BCUT2D eigenvalue weighted by molar-refractivity contribution is 0.276. The third-order valence-corrected chi connectivity index (χ3v) is 6.21. The molecule has 3 heterocycles. The highest BCUT2D eigenvalue weighted by molar-refractivity contribution is 7.18. The number of aryl methyl sites for hydroxylation is 1. The van der Waals surface area contributed by atoms with E-state index >= 15 is 0 Å². The van der Waals surface area contributed by atoms with Crippen molar-refractivity contribution >= 4 is 33.2 Å². The van der Waals surface area contributed by atoms with Crippen LogP contribution in [-0.4, -0.2) is 22.8 Å². The van der Waals surface area contributed by atoms with Crippen molar-refractivity contribution in [1.29, 1.82) is 0 Å². The first-order valence-corrected chi connectivity index (χ1v) is 11.1. The molecule has 2 aromatic heterocycles. The Kier molecular flexibility index (Phi) is 5.72. The van der Waals surface area contributed by atoms with Crippen LogP contribution in [0.15, 0.2) is 29.1 Å². The van der Waals surface area contributed by atoms with Crippen molar-refractivity contribution in [2.24, 2.45) is 0 Å². The van der Waals surface area contributed by atoms with Crippen LogP contribution in [-0.2, 0) is 13.0 Å². The monoisotopic (exact) mass is 410 g/mol. The van der Waals surface area contributed by atoms with Gasteiger partial charge in [-0.3, -0.25) is 9.36 Å². The Bertz CT molecular complexity index is 1130. The van der Waals surface area contributed by atoms with Crippen LogP contribution in [0.25, 0.3) is 21.9 Å². The normalized spacial score (nSPS) is 14.5. The fourth-order valence-corrected chi connectivity index (χ4v) is 4.59. The van der Waals surface area contributed by atoms with Gasteiger partial charge in [0.05, 0.1) is 18.6 Å². The molecule has 5 nitrogen and oxygen atoms in total. The van der Waals surface area contributed by atoms with Crippen molar-refractivity contribution in [3.05, 3.63) is 50.9 Å². The molecule has 6 heteroatoms. The van der Waals surface area contributed by atoms with Crippen molar-refractivity contribution in [3.8, 4) is 11.5 Å². The summed E-state index contributed by atoms with van der Waals surface area (Å²) in [6, 6.07) is 7.93. The van der Waals surface area contributed by atoms with Crippen molar-refractivity contribution < 1.29 is 9.47 Å². The number of thiophene rings is 1. The van der Waals surface area contributed by atoms with Gasteiger partial charge in [0, 0.05) is 17.0 Å². The molecule has 0 fully saturated rings. The van der Waals surface area contributed by atoms with Crippen LogP contribution < -0.4 is 15.0 Å². The van der Waals surface area contributed by atoms with E-state index < -0.39 is 0 Å². The summed E-state index contributed by atoms with van der Waals surface area (Å²) in [6.45, 7) is 8.03. The van der Waals surface area contributed by atoms with Gasteiger partial charge >= 0.3 is 0 Å². The average molecular weight is 411 g/mol. The summed E-state index contributed by atoms with van der Waals surface area (Å²) in [5.74, 6) is 2.28. The Morgan fingerprint density at radius 2 is 2.10 bits per heavy atom. The highest BCUT2D eigenvalue weighted by Crippen LogP contribution is 2.36. The maximum absolute atomic E-state index is 13.0. The molecule has 0 saturated heterocycles. The zero-order valence-corrected chi connectivity index (χ0v) is 18.0. The van der Waals surface area contributed by atoms with Crippen LogP contribution in [0.2, 0.25) is 0 Å². The number of ether oxygens (including phenoxy) is 2. The van der Waals surface area contributed by atoms with Gasteiger partial charge in [-0.2, -0.15) is 0 Å². The van der Waals surface area contributed by atoms with Crippen LogP contribution in [0.3, 0.4) is 0 Å². The highest BCUT2D eigenvalue weighted by atomic mass is 32.1. The fraction of sp³-hybridized carbons (Fsp3) is 0.391. The van der Waals surface area contributed by atoms with Crippen LogP contribution in [0, 0.1) is 0 Å². The molecule has 3 aromatic rings. The van der Waals surface area contributed by atoms with E-state index in [4.69, 9.17) is 14.5 Å². The minimum Gasteiger partial charge on any atom is -0.490 e. The Labute approximate surface area is 174 Å². The quantitative estimate of drug-likeness (QED) is 0.540. The number of allylic oxidation sites excluding steroid dienone is 1. The third-order valence-electron chi connectivity index (χ3n) is 5.03. The lowest BCUT2D eigenvalue weighted by atomic mass is 10.1. The minimum absolute atomic E-state index is 0.0647. The summed E-state index contributed by atoms with van der Waals surface area (Å²) in [7, 11) is 0. The second-order valence-corrected chi connectivity index (χ2v) is 8.17. The molecule has 0 bridgehead atoms. The Balaban J connectivity index is 1.81. The van der Waals surface area contributed by atoms with Gasteiger partial charge in [0.25, 0.3) is 5.56 Å². The molecule has 29 heavy (non-hydrogen) atoms. The van der Waals surface area contributed by atoms with Crippen molar-refractivity contribution in [2.45, 2.75) is 46.6 Å². The predicted octanol–water partition coefficient (Wildman–Crippen LogP) is 5.15. The second-order valence-electron chi connectivity index (χ2n) is 7.05. The van der Waals surface area contributed by atoms with Gasteiger partial charge in [-0.1, -0.05) is 26.0 Å². The lowest BCUT2D eigenvalue weighted by Gasteiger charge is -2.14. The maximum atomic E-state index is 13.0. The summed E-state index contributed by atoms with van der Waals surface area (Å²) < 4.78 is 13.6. The first-order valence-electron chi connectivity index (χ1n) is 10.3. The van der Waals surface area contributed by atoms with E-state index in [0.717, 1.165) is 57.9 Å². The summed E-state index contributed by atoms with van der Waals surface area (Å²) in [5, 5.41) is 0.738. The summed E-state index contributed by atoms with van der Waals surface area (Å²) in [6.07, 6.45) is 4.72. The van der Waals surface area contributed by atoms with Crippen molar-refractivity contribution in [2.75, 3.05) is 13.2 Å². The molecule has 4 rings (SSSR count). The number of aromatic nitrogens is 2. The number of benzene rings is 1. The highest BCUT2D eigenvalue weighted by Gasteiger charge is 2.23.